The highest BCUT2D eigenvalue weighted by atomic mass is 15.2. The molecule has 2 aliphatic rings. The van der Waals surface area contributed by atoms with Gasteiger partial charge in [0.15, 0.2) is 0 Å². The predicted molar refractivity (Wildman–Crippen MR) is 61.4 cm³/mol. The van der Waals surface area contributed by atoms with Gasteiger partial charge in [-0.05, 0) is 56.5 Å². The first kappa shape index (κ1) is 10.5. The third kappa shape index (κ3) is 1.98. The Hall–Kier alpha value is -0.0400. The van der Waals surface area contributed by atoms with E-state index in [1.807, 2.05) is 0 Å². The molecule has 1 heterocycles. The number of nitrogens with zero attached hydrogens (tertiary/aromatic N) is 1. The minimum Gasteiger partial charge on any atom is -0.300 e. The Morgan fingerprint density at radius 2 is 1.71 bits per heavy atom. The molecule has 82 valence electrons. The Kier molecular flexibility index (Phi) is 2.88. The van der Waals surface area contributed by atoms with Gasteiger partial charge in [0.1, 0.15) is 0 Å². The lowest BCUT2D eigenvalue weighted by Crippen LogP contribution is -2.42. The number of hydrogen-bond donors (Lipinski definition) is 0. The monoisotopic (exact) mass is 195 g/mol. The fraction of sp³-hybridized carbons (Fsp3) is 1.00. The largest absolute Gasteiger partial charge is 0.300 e. The van der Waals surface area contributed by atoms with Crippen LogP contribution in [0.1, 0.15) is 52.9 Å². The van der Waals surface area contributed by atoms with Crippen LogP contribution < -0.4 is 0 Å². The molecular weight excluding hydrogens is 170 g/mol. The second-order valence-electron chi connectivity index (χ2n) is 6.07. The minimum absolute atomic E-state index is 0.575. The van der Waals surface area contributed by atoms with Crippen molar-refractivity contribution in [1.29, 1.82) is 0 Å². The molecule has 1 nitrogen and oxygen atoms in total. The van der Waals surface area contributed by atoms with Crippen molar-refractivity contribution in [2.45, 2.75) is 58.9 Å². The molecule has 0 aromatic heterocycles. The zero-order valence-electron chi connectivity index (χ0n) is 10.1. The van der Waals surface area contributed by atoms with Crippen LogP contribution in [-0.2, 0) is 0 Å². The van der Waals surface area contributed by atoms with E-state index in [-0.39, 0.29) is 0 Å². The van der Waals surface area contributed by atoms with E-state index in [0.29, 0.717) is 5.41 Å². The summed E-state index contributed by atoms with van der Waals surface area (Å²) in [7, 11) is 0. The van der Waals surface area contributed by atoms with Crippen molar-refractivity contribution in [3.63, 3.8) is 0 Å². The molecule has 1 heteroatoms. The Bertz CT molecular complexity index is 191. The Morgan fingerprint density at radius 3 is 2.29 bits per heavy atom. The quantitative estimate of drug-likeness (QED) is 0.620. The summed E-state index contributed by atoms with van der Waals surface area (Å²) in [4.78, 5) is 2.74. The van der Waals surface area contributed by atoms with Gasteiger partial charge in [0, 0.05) is 6.04 Å². The molecule has 0 bridgehead atoms. The van der Waals surface area contributed by atoms with Crippen LogP contribution in [0.15, 0.2) is 0 Å². The van der Waals surface area contributed by atoms with Crippen LogP contribution in [0.5, 0.6) is 0 Å². The second kappa shape index (κ2) is 3.84. The molecule has 1 saturated carbocycles. The lowest BCUT2D eigenvalue weighted by Gasteiger charge is -2.44. The maximum Gasteiger partial charge on any atom is 0.0100 e. The lowest BCUT2D eigenvalue weighted by molar-refractivity contribution is 0.0677. The van der Waals surface area contributed by atoms with Crippen LogP contribution in [0.2, 0.25) is 0 Å². The third-order valence-electron chi connectivity index (χ3n) is 4.69. The summed E-state index contributed by atoms with van der Waals surface area (Å²) in [5.74, 6) is 0.918. The molecule has 2 atom stereocenters. The molecule has 0 N–H and O–H groups in total. The smallest absolute Gasteiger partial charge is 0.0100 e. The summed E-state index contributed by atoms with van der Waals surface area (Å²) < 4.78 is 0. The van der Waals surface area contributed by atoms with Gasteiger partial charge < -0.3 is 4.90 Å². The number of rotatable bonds is 1. The minimum atomic E-state index is 0.575. The normalized spacial score (nSPS) is 38.8. The molecule has 1 aliphatic carbocycles. The van der Waals surface area contributed by atoms with Gasteiger partial charge in [0.25, 0.3) is 0 Å². The van der Waals surface area contributed by atoms with Gasteiger partial charge in [0.05, 0.1) is 0 Å². The average molecular weight is 195 g/mol. The molecule has 1 saturated heterocycles. The number of likely N-dealkylation sites (tertiary alicyclic amines) is 1. The van der Waals surface area contributed by atoms with Crippen molar-refractivity contribution >= 4 is 0 Å². The zero-order chi connectivity index (χ0) is 10.2. The van der Waals surface area contributed by atoms with Crippen LogP contribution >= 0.6 is 0 Å². The zero-order valence-corrected chi connectivity index (χ0v) is 10.1. The maximum absolute atomic E-state index is 2.74. The van der Waals surface area contributed by atoms with Gasteiger partial charge in [-0.3, -0.25) is 0 Å². The van der Waals surface area contributed by atoms with Crippen molar-refractivity contribution < 1.29 is 0 Å². The van der Waals surface area contributed by atoms with Crippen molar-refractivity contribution in [2.24, 2.45) is 11.3 Å². The van der Waals surface area contributed by atoms with E-state index in [4.69, 9.17) is 0 Å². The molecule has 2 rings (SSSR count). The molecule has 0 amide bonds. The molecule has 0 aromatic rings. The summed E-state index contributed by atoms with van der Waals surface area (Å²) in [6, 6.07) is 0.906. The highest BCUT2D eigenvalue weighted by Gasteiger charge is 2.36. The van der Waals surface area contributed by atoms with E-state index in [1.54, 1.807) is 0 Å². The van der Waals surface area contributed by atoms with E-state index in [1.165, 1.54) is 45.2 Å². The van der Waals surface area contributed by atoms with Crippen LogP contribution in [0.4, 0.5) is 0 Å². The van der Waals surface area contributed by atoms with Crippen molar-refractivity contribution in [2.75, 3.05) is 13.1 Å². The van der Waals surface area contributed by atoms with Crippen molar-refractivity contribution in [1.82, 2.24) is 4.90 Å². The fourth-order valence-corrected chi connectivity index (χ4v) is 3.16. The Morgan fingerprint density at radius 1 is 1.07 bits per heavy atom. The molecule has 14 heavy (non-hydrogen) atoms. The molecule has 0 aromatic carbocycles. The second-order valence-corrected chi connectivity index (χ2v) is 6.07. The van der Waals surface area contributed by atoms with E-state index >= 15 is 0 Å². The first-order valence-electron chi connectivity index (χ1n) is 6.33. The van der Waals surface area contributed by atoms with Crippen molar-refractivity contribution in [3.05, 3.63) is 0 Å². The standard InChI is InChI=1S/C13H25N/c1-11-6-7-12(10-13(11,2)3)14-8-4-5-9-14/h11-12H,4-10H2,1-3H3/t11-,12+/m1/s1. The van der Waals surface area contributed by atoms with Gasteiger partial charge in [-0.15, -0.1) is 0 Å². The molecule has 0 radical (unpaired) electrons. The summed E-state index contributed by atoms with van der Waals surface area (Å²) in [5.41, 5.74) is 0.575. The highest BCUT2D eigenvalue weighted by Crippen LogP contribution is 2.42. The van der Waals surface area contributed by atoms with Crippen LogP contribution in [0.25, 0.3) is 0 Å². The summed E-state index contributed by atoms with van der Waals surface area (Å²) in [6.07, 6.45) is 7.19. The fourth-order valence-electron chi connectivity index (χ4n) is 3.16. The summed E-state index contributed by atoms with van der Waals surface area (Å²) in [5, 5.41) is 0. The Balaban J connectivity index is 1.95. The van der Waals surface area contributed by atoms with Crippen LogP contribution in [0.3, 0.4) is 0 Å². The lowest BCUT2D eigenvalue weighted by atomic mass is 9.68. The maximum atomic E-state index is 2.74. The predicted octanol–water partition coefficient (Wildman–Crippen LogP) is 3.30. The molecule has 0 unspecified atom stereocenters. The van der Waals surface area contributed by atoms with Gasteiger partial charge >= 0.3 is 0 Å². The van der Waals surface area contributed by atoms with E-state index in [2.05, 4.69) is 25.7 Å². The SMILES string of the molecule is C[C@@H]1CC[C@H](N2CCCC2)CC1(C)C. The average Bonchev–Trinajstić information content (AvgIpc) is 2.62. The number of hydrogen-bond acceptors (Lipinski definition) is 1. The summed E-state index contributed by atoms with van der Waals surface area (Å²) >= 11 is 0. The van der Waals surface area contributed by atoms with Crippen molar-refractivity contribution in [3.8, 4) is 0 Å². The van der Waals surface area contributed by atoms with Crippen LogP contribution in [0, 0.1) is 11.3 Å². The van der Waals surface area contributed by atoms with E-state index in [0.717, 1.165) is 12.0 Å². The highest BCUT2D eigenvalue weighted by molar-refractivity contribution is 4.89. The van der Waals surface area contributed by atoms with E-state index in [9.17, 15) is 0 Å². The van der Waals surface area contributed by atoms with Crippen LogP contribution in [-0.4, -0.2) is 24.0 Å². The molecule has 1 aliphatic heterocycles. The summed E-state index contributed by atoms with van der Waals surface area (Å²) in [6.45, 7) is 10.1. The first-order chi connectivity index (χ1) is 6.59. The van der Waals surface area contributed by atoms with Gasteiger partial charge in [0.2, 0.25) is 0 Å². The van der Waals surface area contributed by atoms with E-state index < -0.39 is 0 Å². The Labute approximate surface area is 88.9 Å². The third-order valence-corrected chi connectivity index (χ3v) is 4.69. The van der Waals surface area contributed by atoms with Gasteiger partial charge in [-0.2, -0.15) is 0 Å². The first-order valence-corrected chi connectivity index (χ1v) is 6.33. The molecular formula is C13H25N. The molecule has 2 fully saturated rings. The van der Waals surface area contributed by atoms with Gasteiger partial charge in [-0.25, -0.2) is 0 Å². The van der Waals surface area contributed by atoms with Gasteiger partial charge in [-0.1, -0.05) is 20.8 Å². The topological polar surface area (TPSA) is 3.24 Å². The molecule has 0 spiro atoms.